The maximum Gasteiger partial charge on any atom is 0.295 e. The van der Waals surface area contributed by atoms with Gasteiger partial charge in [-0.1, -0.05) is 12.1 Å². The molecule has 0 bridgehead atoms. The molecule has 3 heterocycles. The van der Waals surface area contributed by atoms with E-state index < -0.39 is 11.7 Å². The Morgan fingerprint density at radius 1 is 0.941 bits per heavy atom. The fourth-order valence-corrected chi connectivity index (χ4v) is 2.76. The van der Waals surface area contributed by atoms with Crippen molar-refractivity contribution in [1.29, 1.82) is 0 Å². The van der Waals surface area contributed by atoms with E-state index in [1.165, 1.54) is 22.0 Å². The minimum atomic E-state index is -0.542. The third-order valence-electron chi connectivity index (χ3n) is 1.96. The van der Waals surface area contributed by atoms with Gasteiger partial charge in [-0.05, 0) is 22.9 Å². The van der Waals surface area contributed by atoms with Crippen LogP contribution >= 0.6 is 22.7 Å². The zero-order valence-electron chi connectivity index (χ0n) is 8.75. The van der Waals surface area contributed by atoms with Gasteiger partial charge >= 0.3 is 0 Å². The van der Waals surface area contributed by atoms with Gasteiger partial charge in [-0.25, -0.2) is 0 Å². The smallest absolute Gasteiger partial charge is 0.295 e. The van der Waals surface area contributed by atoms with Crippen molar-refractivity contribution in [1.82, 2.24) is 5.32 Å². The molecule has 3 nitrogen and oxygen atoms in total. The first-order chi connectivity index (χ1) is 8.27. The van der Waals surface area contributed by atoms with Gasteiger partial charge in [-0.3, -0.25) is 9.59 Å². The fraction of sp³-hybridized carbons (Fsp3) is 0. The molecular weight excluding hydrogens is 254 g/mol. The van der Waals surface area contributed by atoms with E-state index in [0.29, 0.717) is 0 Å². The lowest BCUT2D eigenvalue weighted by atomic mass is 10.4. The summed E-state index contributed by atoms with van der Waals surface area (Å²) >= 11 is 3.58. The molecule has 5 heteroatoms. The van der Waals surface area contributed by atoms with Crippen molar-refractivity contribution in [2.75, 3.05) is 0 Å². The lowest BCUT2D eigenvalue weighted by Gasteiger charge is -1.84. The van der Waals surface area contributed by atoms with Gasteiger partial charge in [-0.2, -0.15) is 0 Å². The van der Waals surface area contributed by atoms with Crippen molar-refractivity contribution in [3.05, 3.63) is 47.3 Å². The third-order valence-corrected chi connectivity index (χ3v) is 3.89. The summed E-state index contributed by atoms with van der Waals surface area (Å²) in [6, 6.07) is 8.46. The van der Waals surface area contributed by atoms with Crippen molar-refractivity contribution in [3.63, 3.8) is 0 Å². The minimum absolute atomic E-state index is 0.472. The average molecular weight is 263 g/mol. The monoisotopic (exact) mass is 263 g/mol. The molecule has 0 saturated heterocycles. The molecule has 0 atom stereocenters. The summed E-state index contributed by atoms with van der Waals surface area (Å²) in [4.78, 5) is 22.9. The van der Waals surface area contributed by atoms with E-state index >= 15 is 0 Å². The van der Waals surface area contributed by atoms with Crippen LogP contribution in [0, 0.1) is 0 Å². The Labute approximate surface area is 106 Å². The van der Waals surface area contributed by atoms with Crippen molar-refractivity contribution in [2.24, 2.45) is 0 Å². The predicted octanol–water partition coefficient (Wildman–Crippen LogP) is 2.68. The molecule has 3 rings (SSSR count). The Hall–Kier alpha value is -1.72. The molecule has 0 aliphatic carbocycles. The Bertz CT molecular complexity index is 495. The van der Waals surface area contributed by atoms with Crippen LogP contribution in [0.3, 0.4) is 0 Å². The largest absolute Gasteiger partial charge is 0.326 e. The number of amides is 1. The predicted molar refractivity (Wildman–Crippen MR) is 69.9 cm³/mol. The van der Waals surface area contributed by atoms with Gasteiger partial charge in [-0.15, -0.1) is 22.7 Å². The van der Waals surface area contributed by atoms with Crippen LogP contribution in [0.1, 0.15) is 0 Å². The summed E-state index contributed by atoms with van der Waals surface area (Å²) in [5.74, 6) is -1.01. The number of thiophene rings is 2. The lowest BCUT2D eigenvalue weighted by molar-refractivity contribution is -0.133. The first kappa shape index (κ1) is 11.8. The zero-order valence-corrected chi connectivity index (χ0v) is 10.4. The minimum Gasteiger partial charge on any atom is -0.326 e. The third kappa shape index (κ3) is 3.12. The molecule has 0 radical (unpaired) electrons. The van der Waals surface area contributed by atoms with E-state index in [4.69, 9.17) is 0 Å². The van der Waals surface area contributed by atoms with Gasteiger partial charge in [0.2, 0.25) is 5.78 Å². The lowest BCUT2D eigenvalue weighted by Crippen LogP contribution is -2.17. The summed E-state index contributed by atoms with van der Waals surface area (Å²) in [5.41, 5.74) is 0. The van der Waals surface area contributed by atoms with Gasteiger partial charge in [0, 0.05) is 22.0 Å². The molecule has 2 aromatic rings. The molecule has 0 spiro atoms. The normalized spacial score (nSPS) is 13.2. The number of carbonyl (C=O) groups is 2. The summed E-state index contributed by atoms with van der Waals surface area (Å²) in [7, 11) is 0. The molecule has 1 aliphatic rings. The van der Waals surface area contributed by atoms with Crippen LogP contribution in [0.15, 0.2) is 47.3 Å². The molecule has 17 heavy (non-hydrogen) atoms. The van der Waals surface area contributed by atoms with Crippen LogP contribution in [-0.4, -0.2) is 11.7 Å². The molecule has 86 valence electrons. The average Bonchev–Trinajstić information content (AvgIpc) is 3.03. The fourth-order valence-electron chi connectivity index (χ4n) is 1.18. The van der Waals surface area contributed by atoms with Crippen molar-refractivity contribution < 1.29 is 9.59 Å². The second-order valence-electron chi connectivity index (χ2n) is 3.13. The second kappa shape index (κ2) is 5.56. The van der Waals surface area contributed by atoms with Crippen LogP contribution in [0.4, 0.5) is 0 Å². The van der Waals surface area contributed by atoms with E-state index in [1.807, 2.05) is 0 Å². The van der Waals surface area contributed by atoms with Crippen molar-refractivity contribution in [3.8, 4) is 9.75 Å². The number of ketones is 1. The molecule has 0 fully saturated rings. The van der Waals surface area contributed by atoms with Crippen molar-refractivity contribution >= 4 is 34.4 Å². The maximum atomic E-state index is 10.1. The first-order valence-corrected chi connectivity index (χ1v) is 6.62. The summed E-state index contributed by atoms with van der Waals surface area (Å²) < 4.78 is 0. The second-order valence-corrected chi connectivity index (χ2v) is 5.02. The zero-order chi connectivity index (χ0) is 12.1. The summed E-state index contributed by atoms with van der Waals surface area (Å²) in [6.07, 6.45) is 2.52. The molecule has 0 aromatic carbocycles. The Morgan fingerprint density at radius 3 is 1.76 bits per heavy atom. The van der Waals surface area contributed by atoms with Crippen molar-refractivity contribution in [2.45, 2.75) is 0 Å². The SMILES string of the molecule is O=C1C=CNC1=O.c1csc(-c2cccs2)c1. The molecular formula is C12H9NO2S2. The van der Waals surface area contributed by atoms with E-state index in [1.54, 1.807) is 22.7 Å². The molecule has 0 unspecified atom stereocenters. The standard InChI is InChI=1S/C8H6S2.C4H3NO2/c1-3-7(9-5-1)8-4-2-6-10-8;6-3-1-2-5-4(3)7/h1-6H;1-2H,(H,5,6,7). The Morgan fingerprint density at radius 2 is 1.53 bits per heavy atom. The number of carbonyl (C=O) groups excluding carboxylic acids is 2. The highest BCUT2D eigenvalue weighted by Crippen LogP contribution is 2.28. The van der Waals surface area contributed by atoms with E-state index in [-0.39, 0.29) is 0 Å². The van der Waals surface area contributed by atoms with Crippen LogP contribution < -0.4 is 5.32 Å². The van der Waals surface area contributed by atoms with E-state index in [0.717, 1.165) is 0 Å². The van der Waals surface area contributed by atoms with Gasteiger partial charge < -0.3 is 5.32 Å². The van der Waals surface area contributed by atoms with Gasteiger partial charge in [0.25, 0.3) is 5.91 Å². The quantitative estimate of drug-likeness (QED) is 0.804. The number of hydrogen-bond donors (Lipinski definition) is 1. The summed E-state index contributed by atoms with van der Waals surface area (Å²) in [6.45, 7) is 0. The van der Waals surface area contributed by atoms with E-state index in [9.17, 15) is 9.59 Å². The molecule has 1 N–H and O–H groups in total. The molecule has 0 saturated carbocycles. The highest BCUT2D eigenvalue weighted by molar-refractivity contribution is 7.20. The van der Waals surface area contributed by atoms with Crippen LogP contribution in [0.2, 0.25) is 0 Å². The highest BCUT2D eigenvalue weighted by atomic mass is 32.1. The topological polar surface area (TPSA) is 46.2 Å². The van der Waals surface area contributed by atoms with E-state index in [2.05, 4.69) is 40.3 Å². The Kier molecular flexibility index (Phi) is 3.85. The highest BCUT2D eigenvalue weighted by Gasteiger charge is 2.12. The number of hydrogen-bond acceptors (Lipinski definition) is 4. The number of nitrogens with one attached hydrogen (secondary N) is 1. The van der Waals surface area contributed by atoms with Gasteiger partial charge in [0.15, 0.2) is 0 Å². The summed E-state index contributed by atoms with van der Waals surface area (Å²) in [5, 5.41) is 6.41. The maximum absolute atomic E-state index is 10.1. The molecule has 2 aromatic heterocycles. The van der Waals surface area contributed by atoms with Crippen LogP contribution in [-0.2, 0) is 9.59 Å². The van der Waals surface area contributed by atoms with Gasteiger partial charge in [0.05, 0.1) is 0 Å². The molecule has 1 aliphatic heterocycles. The van der Waals surface area contributed by atoms with Crippen LogP contribution in [0.25, 0.3) is 9.75 Å². The first-order valence-electron chi connectivity index (χ1n) is 4.86. The van der Waals surface area contributed by atoms with Gasteiger partial charge in [0.1, 0.15) is 0 Å². The molecule has 1 amide bonds. The number of rotatable bonds is 1. The van der Waals surface area contributed by atoms with Crippen LogP contribution in [0.5, 0.6) is 0 Å². The Balaban J connectivity index is 0.000000136.